The van der Waals surface area contributed by atoms with Crippen LogP contribution >= 0.6 is 0 Å². The molecule has 3 rings (SSSR count). The Morgan fingerprint density at radius 3 is 2.07 bits per heavy atom. The Morgan fingerprint density at radius 1 is 1.02 bits per heavy atom. The molecule has 0 spiro atoms. The first-order chi connectivity index (χ1) is 21.2. The number of carbonyl (C=O) groups excluding carboxylic acids is 3. The molecule has 13 heteroatoms. The Balaban J connectivity index is 0.000000537. The number of carbonyl (C=O) groups is 3. The maximum atomic E-state index is 14.0. The Labute approximate surface area is 265 Å². The van der Waals surface area contributed by atoms with Gasteiger partial charge in [-0.05, 0) is 62.6 Å². The first kappa shape index (κ1) is 37.7. The van der Waals surface area contributed by atoms with E-state index in [1.165, 1.54) is 12.1 Å². The van der Waals surface area contributed by atoms with Crippen molar-refractivity contribution in [2.75, 3.05) is 13.2 Å². The lowest BCUT2D eigenvalue weighted by atomic mass is 9.56. The smallest absolute Gasteiger partial charge is 0.294 e. The SMILES string of the molecule is CC(C)C[C@@H](C(=O)NN)[C@H](C(=O)NO)C(/C=C/c1ccccc1)(C(=O)[C@@H](C)N)C1CCOCC1.Cc1ccc(S(=O)(=O)O)cc1. The van der Waals surface area contributed by atoms with Crippen LogP contribution in [-0.2, 0) is 29.2 Å². The molecule has 2 amide bonds. The topological polar surface area (TPSA) is 211 Å². The summed E-state index contributed by atoms with van der Waals surface area (Å²) >= 11 is 0. The van der Waals surface area contributed by atoms with Crippen LogP contribution in [-0.4, -0.2) is 55.0 Å². The lowest BCUT2D eigenvalue weighted by Gasteiger charge is -2.47. The van der Waals surface area contributed by atoms with Crippen LogP contribution < -0.4 is 22.5 Å². The highest BCUT2D eigenvalue weighted by Crippen LogP contribution is 2.49. The van der Waals surface area contributed by atoms with Crippen molar-refractivity contribution in [1.29, 1.82) is 0 Å². The summed E-state index contributed by atoms with van der Waals surface area (Å²) in [4.78, 5) is 40.3. The van der Waals surface area contributed by atoms with Gasteiger partial charge in [-0.2, -0.15) is 8.42 Å². The van der Waals surface area contributed by atoms with Crippen molar-refractivity contribution in [3.8, 4) is 0 Å². The highest BCUT2D eigenvalue weighted by atomic mass is 32.2. The minimum Gasteiger partial charge on any atom is -0.381 e. The van der Waals surface area contributed by atoms with Gasteiger partial charge in [0.2, 0.25) is 11.8 Å². The van der Waals surface area contributed by atoms with Crippen molar-refractivity contribution >= 4 is 33.8 Å². The molecule has 0 bridgehead atoms. The van der Waals surface area contributed by atoms with Crippen molar-refractivity contribution in [3.05, 3.63) is 71.8 Å². The molecule has 2 aromatic rings. The van der Waals surface area contributed by atoms with Crippen LogP contribution in [0.4, 0.5) is 0 Å². The Morgan fingerprint density at radius 2 is 1.60 bits per heavy atom. The molecule has 2 aromatic carbocycles. The van der Waals surface area contributed by atoms with Crippen LogP contribution in [0.2, 0.25) is 0 Å². The summed E-state index contributed by atoms with van der Waals surface area (Å²) < 4.78 is 35.1. The Hall–Kier alpha value is -3.46. The zero-order chi connectivity index (χ0) is 33.8. The van der Waals surface area contributed by atoms with Gasteiger partial charge >= 0.3 is 0 Å². The average Bonchev–Trinajstić information content (AvgIpc) is 3.02. The predicted molar refractivity (Wildman–Crippen MR) is 170 cm³/mol. The Bertz CT molecular complexity index is 1390. The molecular formula is C32H46N4O8S. The molecule has 45 heavy (non-hydrogen) atoms. The van der Waals surface area contributed by atoms with Crippen molar-refractivity contribution < 1.29 is 37.3 Å². The van der Waals surface area contributed by atoms with Crippen molar-refractivity contribution in [3.63, 3.8) is 0 Å². The first-order valence-electron chi connectivity index (χ1n) is 14.8. The van der Waals surface area contributed by atoms with Gasteiger partial charge in [0.15, 0.2) is 5.78 Å². The summed E-state index contributed by atoms with van der Waals surface area (Å²) in [6.07, 6.45) is 4.75. The third-order valence-corrected chi connectivity index (χ3v) is 8.79. The van der Waals surface area contributed by atoms with Crippen molar-refractivity contribution in [1.82, 2.24) is 10.9 Å². The van der Waals surface area contributed by atoms with E-state index in [-0.39, 0.29) is 28.9 Å². The van der Waals surface area contributed by atoms with E-state index in [1.54, 1.807) is 36.7 Å². The van der Waals surface area contributed by atoms with Crippen LogP contribution in [0.5, 0.6) is 0 Å². The van der Waals surface area contributed by atoms with Crippen LogP contribution in [0.1, 0.15) is 51.2 Å². The zero-order valence-electron chi connectivity index (χ0n) is 26.2. The summed E-state index contributed by atoms with van der Waals surface area (Å²) in [5.74, 6) is 1.16. The maximum Gasteiger partial charge on any atom is 0.294 e. The van der Waals surface area contributed by atoms with Crippen LogP contribution in [0.15, 0.2) is 65.6 Å². The van der Waals surface area contributed by atoms with Gasteiger partial charge in [0.1, 0.15) is 0 Å². The summed E-state index contributed by atoms with van der Waals surface area (Å²) in [6, 6.07) is 14.4. The monoisotopic (exact) mass is 646 g/mol. The molecule has 1 aliphatic rings. The van der Waals surface area contributed by atoms with Gasteiger partial charge in [-0.15, -0.1) is 0 Å². The minimum atomic E-state index is -4.02. The second-order valence-electron chi connectivity index (χ2n) is 11.7. The Kier molecular flexibility index (Phi) is 14.5. The molecule has 0 aliphatic carbocycles. The average molecular weight is 647 g/mol. The second kappa shape index (κ2) is 17.3. The molecule has 1 aliphatic heterocycles. The molecular weight excluding hydrogens is 600 g/mol. The number of hydrogen-bond acceptors (Lipinski definition) is 9. The fourth-order valence-corrected chi connectivity index (χ4v) is 6.30. The molecule has 4 atom stereocenters. The van der Waals surface area contributed by atoms with Crippen molar-refractivity contribution in [2.24, 2.45) is 40.7 Å². The summed E-state index contributed by atoms with van der Waals surface area (Å²) in [7, 11) is -4.02. The largest absolute Gasteiger partial charge is 0.381 e. The number of allylic oxidation sites excluding steroid dienone is 1. The molecule has 8 N–H and O–H groups in total. The minimum absolute atomic E-state index is 0.00665. The predicted octanol–water partition coefficient (Wildman–Crippen LogP) is 3.04. The van der Waals surface area contributed by atoms with Gasteiger partial charge in [-0.3, -0.25) is 29.6 Å². The van der Waals surface area contributed by atoms with Gasteiger partial charge in [0.05, 0.1) is 28.2 Å². The highest BCUT2D eigenvalue weighted by Gasteiger charge is 2.57. The van der Waals surface area contributed by atoms with E-state index in [9.17, 15) is 28.0 Å². The number of benzene rings is 2. The molecule has 0 aromatic heterocycles. The van der Waals surface area contributed by atoms with Crippen molar-refractivity contribution in [2.45, 2.75) is 57.9 Å². The van der Waals surface area contributed by atoms with Gasteiger partial charge in [-0.25, -0.2) is 11.3 Å². The van der Waals surface area contributed by atoms with Crippen LogP contribution in [0.25, 0.3) is 6.08 Å². The number of hydrogen-bond donors (Lipinski definition) is 6. The van der Waals surface area contributed by atoms with Gasteiger partial charge < -0.3 is 10.5 Å². The van der Waals surface area contributed by atoms with E-state index in [4.69, 9.17) is 20.9 Å². The second-order valence-corrected chi connectivity index (χ2v) is 13.1. The van der Waals surface area contributed by atoms with Gasteiger partial charge in [0, 0.05) is 13.2 Å². The molecule has 1 fully saturated rings. The third-order valence-electron chi connectivity index (χ3n) is 7.92. The lowest BCUT2D eigenvalue weighted by molar-refractivity contribution is -0.155. The first-order valence-corrected chi connectivity index (χ1v) is 16.2. The maximum absolute atomic E-state index is 14.0. The molecule has 1 unspecified atom stereocenters. The highest BCUT2D eigenvalue weighted by molar-refractivity contribution is 7.85. The number of rotatable bonds is 12. The van der Waals surface area contributed by atoms with Gasteiger partial charge in [0.25, 0.3) is 10.1 Å². The van der Waals surface area contributed by atoms with Crippen LogP contribution in [0, 0.1) is 36.0 Å². The van der Waals surface area contributed by atoms with E-state index in [0.29, 0.717) is 26.1 Å². The zero-order valence-corrected chi connectivity index (χ0v) is 27.0. The number of nitrogens with one attached hydrogen (secondary N) is 2. The molecule has 248 valence electrons. The number of ether oxygens (including phenoxy) is 1. The molecule has 0 radical (unpaired) electrons. The normalized spacial score (nSPS) is 17.4. The number of nitrogens with two attached hydrogens (primary N) is 2. The third kappa shape index (κ3) is 10.3. The number of hydrazine groups is 1. The lowest BCUT2D eigenvalue weighted by Crippen LogP contribution is -2.59. The van der Waals surface area contributed by atoms with E-state index < -0.39 is 45.2 Å². The molecule has 12 nitrogen and oxygen atoms in total. The standard InChI is InChI=1S/C25H38N4O5.C7H8O3S/c1-16(2)15-20(23(31)28-27)21(24(32)29-33)25(22(30)17(3)26,19-10-13-34-14-11-19)12-9-18-7-5-4-6-8-18;1-6-2-4-7(5-3-6)11(8,9)10/h4-9,12,16-17,19-21,33H,10-11,13-15,26-27H2,1-3H3,(H,28,31)(H,29,32);2-5H,1H3,(H,8,9,10)/b12-9+;/t17-,20-,21-,25?;/m1./s1. The van der Waals surface area contributed by atoms with E-state index in [0.717, 1.165) is 11.1 Å². The van der Waals surface area contributed by atoms with Gasteiger partial charge in [-0.1, -0.05) is 74.0 Å². The van der Waals surface area contributed by atoms with Crippen LogP contribution in [0.3, 0.4) is 0 Å². The fourth-order valence-electron chi connectivity index (χ4n) is 5.82. The quantitative estimate of drug-likeness (QED) is 0.0652. The van der Waals surface area contributed by atoms with E-state index in [1.807, 2.05) is 51.1 Å². The number of Topliss-reactive ketones (excluding diaryl/α,β-unsaturated/α-hetero) is 1. The summed E-state index contributed by atoms with van der Waals surface area (Å²) in [6.45, 7) is 8.05. The molecule has 0 saturated carbocycles. The molecule has 1 saturated heterocycles. The van der Waals surface area contributed by atoms with E-state index in [2.05, 4.69) is 5.43 Å². The number of aryl methyl sites for hydroxylation is 1. The van der Waals surface area contributed by atoms with E-state index >= 15 is 0 Å². The summed E-state index contributed by atoms with van der Waals surface area (Å²) in [5, 5.41) is 9.76. The molecule has 1 heterocycles. The number of hydroxylamine groups is 1. The fraction of sp³-hybridized carbons (Fsp3) is 0.469. The number of amides is 2. The summed E-state index contributed by atoms with van der Waals surface area (Å²) in [5.41, 5.74) is 10.3. The number of ketones is 1.